The van der Waals surface area contributed by atoms with Crippen LogP contribution in [0.2, 0.25) is 0 Å². The smallest absolute Gasteiger partial charge is 0.416 e. The lowest BCUT2D eigenvalue weighted by Gasteiger charge is -2.23. The first kappa shape index (κ1) is 22.3. The van der Waals surface area contributed by atoms with E-state index in [1.54, 1.807) is 7.05 Å². The van der Waals surface area contributed by atoms with Crippen LogP contribution < -0.4 is 4.74 Å². The molecule has 29 heavy (non-hydrogen) atoms. The number of carbonyl (C=O) groups excluding carboxylic acids is 1. The highest BCUT2D eigenvalue weighted by Crippen LogP contribution is 2.32. The summed E-state index contributed by atoms with van der Waals surface area (Å²) >= 11 is 0. The molecule has 156 valence electrons. The van der Waals surface area contributed by atoms with Crippen molar-refractivity contribution in [3.05, 3.63) is 65.7 Å². The Kier molecular flexibility index (Phi) is 7.64. The molecule has 0 radical (unpaired) electrons. The number of halogens is 3. The fraction of sp³-hybridized carbons (Fsp3) is 0.333. The van der Waals surface area contributed by atoms with Gasteiger partial charge in [0.15, 0.2) is 0 Å². The van der Waals surface area contributed by atoms with E-state index in [2.05, 4.69) is 0 Å². The van der Waals surface area contributed by atoms with Crippen LogP contribution in [0.25, 0.3) is 0 Å². The molecule has 0 unspecified atom stereocenters. The van der Waals surface area contributed by atoms with E-state index in [0.717, 1.165) is 17.7 Å². The standard InChI is InChI=1S/C21H22F3NO4/c1-25(19(26)11-12-20(27)28)14-13-18(15-5-3-2-4-6-15)29-17-9-7-16(8-10-17)21(22,23)24/h2-10,18H,11-14H2,1H3,(H,27,28)/t18-/m1/s1. The minimum atomic E-state index is -4.42. The first-order valence-corrected chi connectivity index (χ1v) is 9.01. The van der Waals surface area contributed by atoms with Crippen LogP contribution in [0.5, 0.6) is 5.75 Å². The molecule has 0 aliphatic heterocycles. The number of ether oxygens (including phenoxy) is 1. The summed E-state index contributed by atoms with van der Waals surface area (Å²) in [5.41, 5.74) is 0.0589. The van der Waals surface area contributed by atoms with Crippen molar-refractivity contribution in [2.45, 2.75) is 31.5 Å². The zero-order valence-corrected chi connectivity index (χ0v) is 15.9. The van der Waals surface area contributed by atoms with Crippen LogP contribution >= 0.6 is 0 Å². The van der Waals surface area contributed by atoms with E-state index in [9.17, 15) is 22.8 Å². The van der Waals surface area contributed by atoms with Crippen LogP contribution in [0.15, 0.2) is 54.6 Å². The van der Waals surface area contributed by atoms with Crippen molar-refractivity contribution in [3.8, 4) is 5.75 Å². The van der Waals surface area contributed by atoms with Crippen molar-refractivity contribution >= 4 is 11.9 Å². The van der Waals surface area contributed by atoms with Gasteiger partial charge in [-0.1, -0.05) is 30.3 Å². The topological polar surface area (TPSA) is 66.8 Å². The van der Waals surface area contributed by atoms with Crippen molar-refractivity contribution in [3.63, 3.8) is 0 Å². The van der Waals surface area contributed by atoms with E-state index in [0.29, 0.717) is 13.0 Å². The van der Waals surface area contributed by atoms with Crippen LogP contribution in [-0.4, -0.2) is 35.5 Å². The molecule has 0 aliphatic carbocycles. The molecule has 0 saturated heterocycles. The molecule has 1 amide bonds. The normalized spacial score (nSPS) is 12.3. The van der Waals surface area contributed by atoms with E-state index in [4.69, 9.17) is 9.84 Å². The fourth-order valence-electron chi connectivity index (χ4n) is 2.69. The molecule has 0 fully saturated rings. The number of carboxylic acids is 1. The first-order chi connectivity index (χ1) is 13.7. The Morgan fingerprint density at radius 1 is 1.03 bits per heavy atom. The Bertz CT molecular complexity index is 807. The molecule has 1 N–H and O–H groups in total. The van der Waals surface area contributed by atoms with E-state index in [-0.39, 0.29) is 24.5 Å². The lowest BCUT2D eigenvalue weighted by Crippen LogP contribution is -2.29. The molecule has 0 heterocycles. The number of benzene rings is 2. The monoisotopic (exact) mass is 409 g/mol. The maximum Gasteiger partial charge on any atom is 0.416 e. The van der Waals surface area contributed by atoms with Crippen LogP contribution in [0.3, 0.4) is 0 Å². The van der Waals surface area contributed by atoms with Gasteiger partial charge in [0.05, 0.1) is 12.0 Å². The molecular weight excluding hydrogens is 387 g/mol. The highest BCUT2D eigenvalue weighted by atomic mass is 19.4. The molecule has 2 aromatic carbocycles. The third-order valence-electron chi connectivity index (χ3n) is 4.34. The van der Waals surface area contributed by atoms with Crippen LogP contribution in [0.1, 0.15) is 36.5 Å². The third kappa shape index (κ3) is 7.14. The van der Waals surface area contributed by atoms with Gasteiger partial charge in [-0.15, -0.1) is 0 Å². The number of hydrogen-bond donors (Lipinski definition) is 1. The number of alkyl halides is 3. The number of rotatable bonds is 9. The van der Waals surface area contributed by atoms with E-state index >= 15 is 0 Å². The third-order valence-corrected chi connectivity index (χ3v) is 4.34. The van der Waals surface area contributed by atoms with Gasteiger partial charge in [-0.25, -0.2) is 0 Å². The van der Waals surface area contributed by atoms with Crippen LogP contribution in [0, 0.1) is 0 Å². The van der Waals surface area contributed by atoms with E-state index < -0.39 is 23.8 Å². The number of amides is 1. The van der Waals surface area contributed by atoms with Gasteiger partial charge in [0.25, 0.3) is 0 Å². The SMILES string of the molecule is CN(CC[C@@H](Oc1ccc(C(F)(F)F)cc1)c1ccccc1)C(=O)CCC(=O)O. The Labute approximate surface area is 166 Å². The second-order valence-electron chi connectivity index (χ2n) is 6.54. The molecule has 5 nitrogen and oxygen atoms in total. The maximum absolute atomic E-state index is 12.7. The molecular formula is C21H22F3NO4. The predicted molar refractivity (Wildman–Crippen MR) is 100 cm³/mol. The Balaban J connectivity index is 2.06. The van der Waals surface area contributed by atoms with Crippen molar-refractivity contribution in [1.82, 2.24) is 4.90 Å². The lowest BCUT2D eigenvalue weighted by atomic mass is 10.1. The zero-order chi connectivity index (χ0) is 21.4. The summed E-state index contributed by atoms with van der Waals surface area (Å²) in [6.07, 6.45) is -4.85. The molecule has 8 heteroatoms. The summed E-state index contributed by atoms with van der Waals surface area (Å²) in [6, 6.07) is 13.6. The Morgan fingerprint density at radius 3 is 2.21 bits per heavy atom. The van der Waals surface area contributed by atoms with Gasteiger partial charge >= 0.3 is 12.1 Å². The lowest BCUT2D eigenvalue weighted by molar-refractivity contribution is -0.140. The van der Waals surface area contributed by atoms with Crippen molar-refractivity contribution in [1.29, 1.82) is 0 Å². The number of hydrogen-bond acceptors (Lipinski definition) is 3. The van der Waals surface area contributed by atoms with E-state index in [1.165, 1.54) is 17.0 Å². The quantitative estimate of drug-likeness (QED) is 0.660. The highest BCUT2D eigenvalue weighted by Gasteiger charge is 2.30. The molecule has 0 spiro atoms. The van der Waals surface area contributed by atoms with Gasteiger partial charge in [-0.3, -0.25) is 9.59 Å². The predicted octanol–water partition coefficient (Wildman–Crippen LogP) is 4.54. The summed E-state index contributed by atoms with van der Waals surface area (Å²) in [5, 5.41) is 8.68. The van der Waals surface area contributed by atoms with Gasteiger partial charge < -0.3 is 14.7 Å². The number of carbonyl (C=O) groups is 2. The van der Waals surface area contributed by atoms with Gasteiger partial charge in [-0.05, 0) is 29.8 Å². The largest absolute Gasteiger partial charge is 0.486 e. The summed E-state index contributed by atoms with van der Waals surface area (Å²) in [6.45, 7) is 0.304. The van der Waals surface area contributed by atoms with Crippen LogP contribution in [-0.2, 0) is 15.8 Å². The second-order valence-corrected chi connectivity index (χ2v) is 6.54. The van der Waals surface area contributed by atoms with Crippen molar-refractivity contribution < 1.29 is 32.6 Å². The minimum absolute atomic E-state index is 0.0956. The molecule has 0 aromatic heterocycles. The summed E-state index contributed by atoms with van der Waals surface area (Å²) < 4.78 is 44.1. The number of carboxylic acid groups (broad SMARTS) is 1. The van der Waals surface area contributed by atoms with Gasteiger partial charge in [0, 0.05) is 26.4 Å². The Hall–Kier alpha value is -3.03. The first-order valence-electron chi connectivity index (χ1n) is 9.01. The molecule has 2 rings (SSSR count). The van der Waals surface area contributed by atoms with Gasteiger partial charge in [0.2, 0.25) is 5.91 Å². The average molecular weight is 409 g/mol. The summed E-state index contributed by atoms with van der Waals surface area (Å²) in [5.74, 6) is -1.06. The molecule has 0 bridgehead atoms. The summed E-state index contributed by atoms with van der Waals surface area (Å²) in [4.78, 5) is 24.0. The minimum Gasteiger partial charge on any atom is -0.486 e. The molecule has 2 aromatic rings. The Morgan fingerprint density at radius 2 is 1.66 bits per heavy atom. The fourth-order valence-corrected chi connectivity index (χ4v) is 2.69. The zero-order valence-electron chi connectivity index (χ0n) is 15.9. The average Bonchev–Trinajstić information content (AvgIpc) is 2.69. The van der Waals surface area contributed by atoms with Gasteiger partial charge in [-0.2, -0.15) is 13.2 Å². The van der Waals surface area contributed by atoms with Crippen molar-refractivity contribution in [2.24, 2.45) is 0 Å². The molecule has 0 saturated carbocycles. The summed E-state index contributed by atoms with van der Waals surface area (Å²) in [7, 11) is 1.57. The van der Waals surface area contributed by atoms with Crippen LogP contribution in [0.4, 0.5) is 13.2 Å². The number of nitrogens with zero attached hydrogens (tertiary/aromatic N) is 1. The van der Waals surface area contributed by atoms with Crippen molar-refractivity contribution in [2.75, 3.05) is 13.6 Å². The number of aliphatic carboxylic acids is 1. The van der Waals surface area contributed by atoms with E-state index in [1.807, 2.05) is 30.3 Å². The maximum atomic E-state index is 12.7. The molecule has 1 atom stereocenters. The second kappa shape index (κ2) is 9.95. The molecule has 0 aliphatic rings. The highest BCUT2D eigenvalue weighted by molar-refractivity contribution is 5.80. The van der Waals surface area contributed by atoms with Gasteiger partial charge in [0.1, 0.15) is 11.9 Å².